The Morgan fingerprint density at radius 3 is 2.71 bits per heavy atom. The van der Waals surface area contributed by atoms with E-state index in [0.29, 0.717) is 0 Å². The van der Waals surface area contributed by atoms with Crippen molar-refractivity contribution in [2.24, 2.45) is 5.73 Å². The summed E-state index contributed by atoms with van der Waals surface area (Å²) in [5.41, 5.74) is 7.91. The molecule has 3 nitrogen and oxygen atoms in total. The first-order valence-electron chi connectivity index (χ1n) is 5.98. The van der Waals surface area contributed by atoms with Gasteiger partial charge < -0.3 is 10.6 Å². The fourth-order valence-electron chi connectivity index (χ4n) is 2.01. The van der Waals surface area contributed by atoms with E-state index in [1.54, 1.807) is 0 Å². The third-order valence-electron chi connectivity index (χ3n) is 2.85. The molecule has 0 atom stereocenters. The van der Waals surface area contributed by atoms with E-state index < -0.39 is 0 Å². The molecule has 0 amide bonds. The molecule has 3 heteroatoms. The number of nitrogens with zero attached hydrogens (tertiary/aromatic N) is 2. The number of benzene rings is 1. The first-order valence-corrected chi connectivity index (χ1v) is 5.98. The van der Waals surface area contributed by atoms with E-state index in [2.05, 4.69) is 23.1 Å². The molecular weight excluding hydrogens is 210 g/mol. The van der Waals surface area contributed by atoms with E-state index in [1.165, 1.54) is 10.9 Å². The summed E-state index contributed by atoms with van der Waals surface area (Å²) in [5.74, 6) is 1.05. The summed E-state index contributed by atoms with van der Waals surface area (Å²) in [6.07, 6.45) is 1.99. The highest BCUT2D eigenvalue weighted by Gasteiger charge is 2.08. The van der Waals surface area contributed by atoms with Crippen LogP contribution in [0.4, 0.5) is 5.82 Å². The van der Waals surface area contributed by atoms with E-state index in [0.717, 1.165) is 30.7 Å². The van der Waals surface area contributed by atoms with Crippen molar-refractivity contribution in [2.75, 3.05) is 25.5 Å². The Hall–Kier alpha value is -1.61. The lowest BCUT2D eigenvalue weighted by atomic mass is 10.1. The van der Waals surface area contributed by atoms with Crippen LogP contribution < -0.4 is 10.6 Å². The third-order valence-corrected chi connectivity index (χ3v) is 2.85. The normalized spacial score (nSPS) is 10.8. The van der Waals surface area contributed by atoms with Gasteiger partial charge in [0.1, 0.15) is 5.82 Å². The summed E-state index contributed by atoms with van der Waals surface area (Å²) < 4.78 is 0. The van der Waals surface area contributed by atoms with Crippen LogP contribution in [0.25, 0.3) is 10.9 Å². The smallest absolute Gasteiger partial charge is 0.131 e. The van der Waals surface area contributed by atoms with Crippen LogP contribution >= 0.6 is 0 Å². The van der Waals surface area contributed by atoms with Gasteiger partial charge in [0.25, 0.3) is 0 Å². The number of fused-ring (bicyclic) bond motifs is 1. The third kappa shape index (κ3) is 2.56. The molecule has 1 heterocycles. The van der Waals surface area contributed by atoms with Crippen LogP contribution in [-0.4, -0.2) is 25.6 Å². The van der Waals surface area contributed by atoms with Gasteiger partial charge in [-0.05, 0) is 37.1 Å². The Labute approximate surface area is 102 Å². The molecule has 2 rings (SSSR count). The van der Waals surface area contributed by atoms with Crippen molar-refractivity contribution in [1.29, 1.82) is 0 Å². The molecule has 0 spiro atoms. The van der Waals surface area contributed by atoms with Crippen molar-refractivity contribution in [1.82, 2.24) is 4.98 Å². The van der Waals surface area contributed by atoms with Crippen molar-refractivity contribution in [3.05, 3.63) is 35.9 Å². The molecule has 0 radical (unpaired) electrons. The molecule has 1 aromatic heterocycles. The number of hydrogen-bond acceptors (Lipinski definition) is 3. The van der Waals surface area contributed by atoms with E-state index in [4.69, 9.17) is 10.7 Å². The molecule has 0 bridgehead atoms. The quantitative estimate of drug-likeness (QED) is 0.874. The van der Waals surface area contributed by atoms with E-state index in [9.17, 15) is 0 Å². The van der Waals surface area contributed by atoms with Crippen LogP contribution in [0.1, 0.15) is 12.0 Å². The van der Waals surface area contributed by atoms with Gasteiger partial charge in [-0.1, -0.05) is 18.2 Å². The Balaban J connectivity index is 2.50. The second-order valence-corrected chi connectivity index (χ2v) is 4.45. The lowest BCUT2D eigenvalue weighted by Gasteiger charge is -2.17. The molecule has 0 aliphatic heterocycles. The van der Waals surface area contributed by atoms with Gasteiger partial charge in [0.05, 0.1) is 5.52 Å². The average molecular weight is 229 g/mol. The van der Waals surface area contributed by atoms with Crippen molar-refractivity contribution in [3.63, 3.8) is 0 Å². The zero-order chi connectivity index (χ0) is 12.3. The van der Waals surface area contributed by atoms with Crippen molar-refractivity contribution in [2.45, 2.75) is 12.8 Å². The molecule has 0 saturated heterocycles. The number of pyridine rings is 1. The molecule has 1 aromatic carbocycles. The van der Waals surface area contributed by atoms with E-state index >= 15 is 0 Å². The monoisotopic (exact) mass is 229 g/mol. The zero-order valence-corrected chi connectivity index (χ0v) is 10.5. The minimum absolute atomic E-state index is 0.722. The van der Waals surface area contributed by atoms with Gasteiger partial charge in [0.2, 0.25) is 0 Å². The van der Waals surface area contributed by atoms with Gasteiger partial charge in [-0.3, -0.25) is 0 Å². The number of anilines is 1. The summed E-state index contributed by atoms with van der Waals surface area (Å²) in [7, 11) is 4.06. The summed E-state index contributed by atoms with van der Waals surface area (Å²) >= 11 is 0. The summed E-state index contributed by atoms with van der Waals surface area (Å²) in [6, 6.07) is 10.5. The standard InChI is InChI=1S/C14H19N3/c1-17(2)14-12(7-5-9-15)10-11-6-3-4-8-13(11)16-14/h3-4,6,8,10H,5,7,9,15H2,1-2H3. The van der Waals surface area contributed by atoms with Gasteiger partial charge in [-0.25, -0.2) is 4.98 Å². The highest BCUT2D eigenvalue weighted by molar-refractivity contribution is 5.81. The topological polar surface area (TPSA) is 42.2 Å². The fraction of sp³-hybridized carbons (Fsp3) is 0.357. The summed E-state index contributed by atoms with van der Waals surface area (Å²) in [6.45, 7) is 0.722. The lowest BCUT2D eigenvalue weighted by molar-refractivity contribution is 0.826. The van der Waals surface area contributed by atoms with Crippen LogP contribution in [-0.2, 0) is 6.42 Å². The minimum Gasteiger partial charge on any atom is -0.362 e. The minimum atomic E-state index is 0.722. The van der Waals surface area contributed by atoms with E-state index in [1.807, 2.05) is 26.2 Å². The maximum Gasteiger partial charge on any atom is 0.131 e. The molecule has 0 fully saturated rings. The number of aryl methyl sites for hydroxylation is 1. The number of nitrogens with two attached hydrogens (primary N) is 1. The van der Waals surface area contributed by atoms with Crippen LogP contribution in [0.5, 0.6) is 0 Å². The van der Waals surface area contributed by atoms with Gasteiger partial charge in [0.15, 0.2) is 0 Å². The Kier molecular flexibility index (Phi) is 3.59. The molecule has 17 heavy (non-hydrogen) atoms. The molecule has 0 aliphatic rings. The van der Waals surface area contributed by atoms with Crippen LogP contribution in [0.15, 0.2) is 30.3 Å². The SMILES string of the molecule is CN(C)c1nc2ccccc2cc1CCCN. The second kappa shape index (κ2) is 5.15. The average Bonchev–Trinajstić information content (AvgIpc) is 2.35. The molecule has 90 valence electrons. The highest BCUT2D eigenvalue weighted by atomic mass is 15.1. The number of aromatic nitrogens is 1. The number of hydrogen-bond donors (Lipinski definition) is 1. The fourth-order valence-corrected chi connectivity index (χ4v) is 2.01. The highest BCUT2D eigenvalue weighted by Crippen LogP contribution is 2.23. The Morgan fingerprint density at radius 2 is 2.00 bits per heavy atom. The summed E-state index contributed by atoms with van der Waals surface area (Å²) in [4.78, 5) is 6.78. The Bertz CT molecular complexity index is 506. The van der Waals surface area contributed by atoms with Crippen LogP contribution in [0.2, 0.25) is 0 Å². The predicted octanol–water partition coefficient (Wildman–Crippen LogP) is 2.19. The van der Waals surface area contributed by atoms with Gasteiger partial charge in [0, 0.05) is 19.5 Å². The lowest BCUT2D eigenvalue weighted by Crippen LogP contribution is -2.14. The van der Waals surface area contributed by atoms with Crippen molar-refractivity contribution >= 4 is 16.7 Å². The van der Waals surface area contributed by atoms with Gasteiger partial charge >= 0.3 is 0 Å². The molecule has 0 unspecified atom stereocenters. The first kappa shape index (κ1) is 11.9. The molecule has 2 N–H and O–H groups in total. The zero-order valence-electron chi connectivity index (χ0n) is 10.5. The maximum atomic E-state index is 5.58. The number of para-hydroxylation sites is 1. The van der Waals surface area contributed by atoms with Crippen LogP contribution in [0, 0.1) is 0 Å². The molecule has 0 saturated carbocycles. The molecule has 2 aromatic rings. The second-order valence-electron chi connectivity index (χ2n) is 4.45. The van der Waals surface area contributed by atoms with Crippen molar-refractivity contribution in [3.8, 4) is 0 Å². The van der Waals surface area contributed by atoms with E-state index in [-0.39, 0.29) is 0 Å². The van der Waals surface area contributed by atoms with Gasteiger partial charge in [-0.15, -0.1) is 0 Å². The summed E-state index contributed by atoms with van der Waals surface area (Å²) in [5, 5.41) is 1.20. The largest absolute Gasteiger partial charge is 0.362 e. The van der Waals surface area contributed by atoms with Gasteiger partial charge in [-0.2, -0.15) is 0 Å². The molecular formula is C14H19N3. The Morgan fingerprint density at radius 1 is 1.24 bits per heavy atom. The molecule has 0 aliphatic carbocycles. The predicted molar refractivity (Wildman–Crippen MR) is 73.4 cm³/mol. The number of rotatable bonds is 4. The first-order chi connectivity index (χ1) is 8.22. The maximum absolute atomic E-state index is 5.58. The van der Waals surface area contributed by atoms with Crippen LogP contribution in [0.3, 0.4) is 0 Å². The van der Waals surface area contributed by atoms with Crippen molar-refractivity contribution < 1.29 is 0 Å².